The molecule has 0 bridgehead atoms. The van der Waals surface area contributed by atoms with E-state index in [-0.39, 0.29) is 5.57 Å². The number of allylic oxidation sites excluding steroid dienone is 3. The zero-order chi connectivity index (χ0) is 11.9. The van der Waals surface area contributed by atoms with Crippen molar-refractivity contribution in [2.75, 3.05) is 0 Å². The van der Waals surface area contributed by atoms with Crippen LogP contribution in [-0.2, 0) is 19.2 Å². The van der Waals surface area contributed by atoms with E-state index in [0.717, 1.165) is 4.90 Å². The van der Waals surface area contributed by atoms with E-state index in [4.69, 9.17) is 0 Å². The number of carbonyl (C=O) groups excluding carboxylic acids is 4. The van der Waals surface area contributed by atoms with Crippen LogP contribution in [0.5, 0.6) is 0 Å². The van der Waals surface area contributed by atoms with Gasteiger partial charge >= 0.3 is 0 Å². The van der Waals surface area contributed by atoms with Gasteiger partial charge < -0.3 is 4.79 Å². The molecule has 5 nitrogen and oxygen atoms in total. The standard InChI is InChI=1S/C11H9NO4/c1-6(5-13)12-10(15)7-3-2-4-8(14)9(7)11(12)16/h2-6,9H,1H3. The molecule has 0 saturated carbocycles. The van der Waals surface area contributed by atoms with Crippen LogP contribution in [0.2, 0.25) is 0 Å². The summed E-state index contributed by atoms with van der Waals surface area (Å²) in [4.78, 5) is 46.5. The van der Waals surface area contributed by atoms with Gasteiger partial charge in [0.1, 0.15) is 12.2 Å². The fourth-order valence-corrected chi connectivity index (χ4v) is 1.87. The maximum atomic E-state index is 11.8. The van der Waals surface area contributed by atoms with Gasteiger partial charge in [-0.25, -0.2) is 0 Å². The number of carbonyl (C=O) groups is 4. The zero-order valence-corrected chi connectivity index (χ0v) is 8.54. The third-order valence-electron chi connectivity index (χ3n) is 2.69. The van der Waals surface area contributed by atoms with Crippen LogP contribution in [0.25, 0.3) is 0 Å². The van der Waals surface area contributed by atoms with Crippen LogP contribution in [0.3, 0.4) is 0 Å². The van der Waals surface area contributed by atoms with Crippen molar-refractivity contribution in [2.24, 2.45) is 5.92 Å². The second kappa shape index (κ2) is 3.52. The molecule has 0 N–H and O–H groups in total. The number of nitrogens with zero attached hydrogens (tertiary/aromatic N) is 1. The lowest BCUT2D eigenvalue weighted by atomic mass is 9.93. The van der Waals surface area contributed by atoms with Crippen molar-refractivity contribution in [3.8, 4) is 0 Å². The van der Waals surface area contributed by atoms with Crippen LogP contribution in [0, 0.1) is 5.92 Å². The van der Waals surface area contributed by atoms with Crippen molar-refractivity contribution < 1.29 is 19.2 Å². The first-order chi connectivity index (χ1) is 7.57. The van der Waals surface area contributed by atoms with Crippen molar-refractivity contribution in [1.82, 2.24) is 4.90 Å². The minimum Gasteiger partial charge on any atom is -0.301 e. The van der Waals surface area contributed by atoms with E-state index >= 15 is 0 Å². The Morgan fingerprint density at radius 2 is 2.06 bits per heavy atom. The summed E-state index contributed by atoms with van der Waals surface area (Å²) in [5.74, 6) is -2.60. The molecule has 1 aliphatic carbocycles. The predicted octanol–water partition coefficient (Wildman–Crippen LogP) is -0.376. The third kappa shape index (κ3) is 1.25. The number of aldehydes is 1. The maximum Gasteiger partial charge on any atom is 0.258 e. The number of hydrogen-bond acceptors (Lipinski definition) is 4. The summed E-state index contributed by atoms with van der Waals surface area (Å²) in [6.45, 7) is 1.44. The second-order valence-corrected chi connectivity index (χ2v) is 3.71. The van der Waals surface area contributed by atoms with Gasteiger partial charge in [0.05, 0.1) is 6.04 Å². The van der Waals surface area contributed by atoms with Crippen molar-refractivity contribution in [1.29, 1.82) is 0 Å². The van der Waals surface area contributed by atoms with Gasteiger partial charge in [0.15, 0.2) is 5.78 Å². The van der Waals surface area contributed by atoms with Gasteiger partial charge in [0.2, 0.25) is 5.91 Å². The first kappa shape index (κ1) is 10.5. The molecule has 1 heterocycles. The van der Waals surface area contributed by atoms with Gasteiger partial charge in [-0.3, -0.25) is 19.3 Å². The largest absolute Gasteiger partial charge is 0.301 e. The van der Waals surface area contributed by atoms with Crippen LogP contribution >= 0.6 is 0 Å². The molecule has 0 radical (unpaired) electrons. The molecule has 2 rings (SSSR count). The molecule has 0 aromatic heterocycles. The highest BCUT2D eigenvalue weighted by molar-refractivity contribution is 6.26. The van der Waals surface area contributed by atoms with E-state index in [1.54, 1.807) is 0 Å². The molecule has 0 aromatic rings. The van der Waals surface area contributed by atoms with E-state index in [1.165, 1.54) is 25.2 Å². The molecule has 1 fully saturated rings. The van der Waals surface area contributed by atoms with Crippen LogP contribution in [0.15, 0.2) is 23.8 Å². The number of imide groups is 1. The lowest BCUT2D eigenvalue weighted by Crippen LogP contribution is -2.40. The molecule has 5 heteroatoms. The fourth-order valence-electron chi connectivity index (χ4n) is 1.87. The summed E-state index contributed by atoms with van der Waals surface area (Å²) in [6.07, 6.45) is 4.65. The van der Waals surface area contributed by atoms with E-state index in [1.807, 2.05) is 0 Å². The fraction of sp³-hybridized carbons (Fsp3) is 0.273. The molecular formula is C11H9NO4. The summed E-state index contributed by atoms with van der Waals surface area (Å²) in [5.41, 5.74) is 0.159. The van der Waals surface area contributed by atoms with Gasteiger partial charge in [-0.2, -0.15) is 0 Å². The topological polar surface area (TPSA) is 71.5 Å². The van der Waals surface area contributed by atoms with Crippen molar-refractivity contribution in [3.05, 3.63) is 23.8 Å². The predicted molar refractivity (Wildman–Crippen MR) is 53.1 cm³/mol. The highest BCUT2D eigenvalue weighted by atomic mass is 16.2. The number of amides is 2. The zero-order valence-electron chi connectivity index (χ0n) is 8.54. The molecule has 1 aliphatic heterocycles. The number of rotatable bonds is 2. The van der Waals surface area contributed by atoms with Crippen molar-refractivity contribution in [2.45, 2.75) is 13.0 Å². The molecule has 16 heavy (non-hydrogen) atoms. The number of hydrogen-bond donors (Lipinski definition) is 0. The molecule has 2 atom stereocenters. The van der Waals surface area contributed by atoms with Gasteiger partial charge in [-0.15, -0.1) is 0 Å². The van der Waals surface area contributed by atoms with Gasteiger partial charge in [-0.1, -0.05) is 12.2 Å². The molecule has 0 spiro atoms. The summed E-state index contributed by atoms with van der Waals surface area (Å²) >= 11 is 0. The first-order valence-corrected chi connectivity index (χ1v) is 4.82. The van der Waals surface area contributed by atoms with E-state index in [2.05, 4.69) is 0 Å². The average Bonchev–Trinajstić information content (AvgIpc) is 2.52. The normalized spacial score (nSPS) is 25.6. The maximum absolute atomic E-state index is 11.8. The van der Waals surface area contributed by atoms with Crippen LogP contribution in [0.4, 0.5) is 0 Å². The van der Waals surface area contributed by atoms with Crippen molar-refractivity contribution in [3.63, 3.8) is 0 Å². The third-order valence-corrected chi connectivity index (χ3v) is 2.69. The molecule has 2 amide bonds. The van der Waals surface area contributed by atoms with Gasteiger partial charge in [0.25, 0.3) is 5.91 Å². The Morgan fingerprint density at radius 3 is 2.62 bits per heavy atom. The SMILES string of the molecule is CC(C=O)N1C(=O)C2=CC=CC(=O)C2C1=O. The lowest BCUT2D eigenvalue weighted by molar-refractivity contribution is -0.144. The van der Waals surface area contributed by atoms with Gasteiger partial charge in [0, 0.05) is 5.57 Å². The molecule has 2 unspecified atom stereocenters. The summed E-state index contributed by atoms with van der Waals surface area (Å²) in [7, 11) is 0. The number of ketones is 1. The molecule has 0 aromatic carbocycles. The molecule has 2 aliphatic rings. The second-order valence-electron chi connectivity index (χ2n) is 3.71. The first-order valence-electron chi connectivity index (χ1n) is 4.82. The molecule has 82 valence electrons. The Morgan fingerprint density at radius 1 is 1.38 bits per heavy atom. The van der Waals surface area contributed by atoms with Crippen molar-refractivity contribution >= 4 is 23.9 Å². The quantitative estimate of drug-likeness (QED) is 0.360. The monoisotopic (exact) mass is 219 g/mol. The van der Waals surface area contributed by atoms with Gasteiger partial charge in [-0.05, 0) is 13.0 Å². The minimum absolute atomic E-state index is 0.159. The Kier molecular flexibility index (Phi) is 2.30. The number of fused-ring (bicyclic) bond motifs is 1. The summed E-state index contributed by atoms with van der Waals surface area (Å²) in [6, 6.07) is -0.834. The highest BCUT2D eigenvalue weighted by Crippen LogP contribution is 2.30. The summed E-state index contributed by atoms with van der Waals surface area (Å²) < 4.78 is 0. The Hall–Kier alpha value is -2.04. The minimum atomic E-state index is -1.04. The van der Waals surface area contributed by atoms with E-state index in [0.29, 0.717) is 6.29 Å². The van der Waals surface area contributed by atoms with Crippen LogP contribution in [0.1, 0.15) is 6.92 Å². The molecular weight excluding hydrogens is 210 g/mol. The lowest BCUT2D eigenvalue weighted by Gasteiger charge is -2.16. The van der Waals surface area contributed by atoms with E-state index < -0.39 is 29.6 Å². The smallest absolute Gasteiger partial charge is 0.258 e. The Bertz CT molecular complexity index is 461. The Balaban J connectivity index is 2.44. The highest BCUT2D eigenvalue weighted by Gasteiger charge is 2.48. The van der Waals surface area contributed by atoms with Crippen LogP contribution < -0.4 is 0 Å². The van der Waals surface area contributed by atoms with Crippen LogP contribution in [-0.4, -0.2) is 34.8 Å². The molecule has 1 saturated heterocycles. The average molecular weight is 219 g/mol. The summed E-state index contributed by atoms with van der Waals surface area (Å²) in [5, 5.41) is 0. The Labute approximate surface area is 91.4 Å². The number of likely N-dealkylation sites (tertiary alicyclic amines) is 1. The van der Waals surface area contributed by atoms with E-state index in [9.17, 15) is 19.2 Å².